The van der Waals surface area contributed by atoms with E-state index in [1.54, 1.807) is 13.8 Å². The lowest BCUT2D eigenvalue weighted by atomic mass is 10.2. The minimum Gasteiger partial charge on any atom is -0.341 e. The van der Waals surface area contributed by atoms with E-state index in [4.69, 9.17) is 0 Å². The minimum atomic E-state index is -0.905. The first kappa shape index (κ1) is 16.3. The Bertz CT molecular complexity index is 765. The first-order chi connectivity index (χ1) is 11.5. The summed E-state index contributed by atoms with van der Waals surface area (Å²) < 4.78 is 26.7. The molecule has 0 atom stereocenters. The highest BCUT2D eigenvalue weighted by Crippen LogP contribution is 2.23. The highest BCUT2D eigenvalue weighted by Gasteiger charge is 2.20. The van der Waals surface area contributed by atoms with Crippen molar-refractivity contribution in [3.8, 4) is 0 Å². The number of anilines is 2. The van der Waals surface area contributed by atoms with E-state index in [1.165, 1.54) is 0 Å². The van der Waals surface area contributed by atoms with Crippen LogP contribution in [0.3, 0.4) is 0 Å². The number of hydrogen-bond donors (Lipinski definition) is 1. The van der Waals surface area contributed by atoms with Gasteiger partial charge in [0.2, 0.25) is 5.95 Å². The van der Waals surface area contributed by atoms with Gasteiger partial charge in [-0.15, -0.1) is 0 Å². The molecule has 1 aliphatic heterocycles. The molecule has 0 bridgehead atoms. The number of hydrogen-bond acceptors (Lipinski definition) is 4. The van der Waals surface area contributed by atoms with Gasteiger partial charge in [-0.1, -0.05) is 0 Å². The molecule has 7 heteroatoms. The SMILES string of the molecule is Cc1nc(N2CCCC2)nc(C)c1NC(=O)c1ccc(F)cc1F. The Labute approximate surface area is 138 Å². The number of amides is 1. The normalized spacial score (nSPS) is 14.1. The third-order valence-corrected chi connectivity index (χ3v) is 4.06. The summed E-state index contributed by atoms with van der Waals surface area (Å²) in [6.45, 7) is 5.38. The third-order valence-electron chi connectivity index (χ3n) is 4.06. The number of aryl methyl sites for hydroxylation is 2. The number of benzene rings is 1. The number of rotatable bonds is 3. The molecule has 1 aromatic carbocycles. The summed E-state index contributed by atoms with van der Waals surface area (Å²) >= 11 is 0. The molecule has 0 unspecified atom stereocenters. The molecule has 0 saturated carbocycles. The summed E-state index contributed by atoms with van der Waals surface area (Å²) in [4.78, 5) is 23.2. The van der Waals surface area contributed by atoms with Gasteiger partial charge in [-0.25, -0.2) is 18.7 Å². The summed E-state index contributed by atoms with van der Waals surface area (Å²) in [6.07, 6.45) is 2.23. The number of carbonyl (C=O) groups is 1. The molecule has 2 aromatic rings. The van der Waals surface area contributed by atoms with Crippen LogP contribution in [0, 0.1) is 25.5 Å². The molecule has 3 rings (SSSR count). The fourth-order valence-electron chi connectivity index (χ4n) is 2.79. The Hall–Kier alpha value is -2.57. The molecule has 1 aromatic heterocycles. The molecule has 0 aliphatic carbocycles. The van der Waals surface area contributed by atoms with Crippen molar-refractivity contribution in [2.24, 2.45) is 0 Å². The van der Waals surface area contributed by atoms with E-state index in [2.05, 4.69) is 20.2 Å². The van der Waals surface area contributed by atoms with Crippen LogP contribution in [0.2, 0.25) is 0 Å². The fourth-order valence-corrected chi connectivity index (χ4v) is 2.79. The first-order valence-corrected chi connectivity index (χ1v) is 7.82. The molecular weight excluding hydrogens is 314 g/mol. The second-order valence-electron chi connectivity index (χ2n) is 5.84. The molecule has 1 fully saturated rings. The van der Waals surface area contributed by atoms with Gasteiger partial charge in [0.1, 0.15) is 11.6 Å². The van der Waals surface area contributed by atoms with E-state index < -0.39 is 17.5 Å². The number of nitrogens with one attached hydrogen (secondary N) is 1. The molecule has 2 heterocycles. The van der Waals surface area contributed by atoms with Crippen LogP contribution in [0.4, 0.5) is 20.4 Å². The average molecular weight is 332 g/mol. The summed E-state index contributed by atoms with van der Waals surface area (Å²) in [5.74, 6) is -1.64. The first-order valence-electron chi connectivity index (χ1n) is 7.82. The van der Waals surface area contributed by atoms with Gasteiger partial charge in [0, 0.05) is 19.2 Å². The molecule has 1 aliphatic rings. The van der Waals surface area contributed by atoms with Crippen molar-refractivity contribution in [1.82, 2.24) is 9.97 Å². The van der Waals surface area contributed by atoms with E-state index >= 15 is 0 Å². The second-order valence-corrected chi connectivity index (χ2v) is 5.84. The maximum atomic E-state index is 13.7. The van der Waals surface area contributed by atoms with Gasteiger partial charge in [0.15, 0.2) is 0 Å². The Morgan fingerprint density at radius 3 is 2.33 bits per heavy atom. The van der Waals surface area contributed by atoms with Crippen molar-refractivity contribution in [3.05, 3.63) is 46.8 Å². The number of aromatic nitrogens is 2. The molecule has 0 spiro atoms. The van der Waals surface area contributed by atoms with Gasteiger partial charge in [-0.3, -0.25) is 4.79 Å². The Morgan fingerprint density at radius 2 is 1.75 bits per heavy atom. The minimum absolute atomic E-state index is 0.223. The van der Waals surface area contributed by atoms with Gasteiger partial charge < -0.3 is 10.2 Å². The molecule has 5 nitrogen and oxygen atoms in total. The topological polar surface area (TPSA) is 58.1 Å². The van der Waals surface area contributed by atoms with Crippen LogP contribution in [0.1, 0.15) is 34.6 Å². The van der Waals surface area contributed by atoms with Gasteiger partial charge in [0.25, 0.3) is 5.91 Å². The zero-order valence-electron chi connectivity index (χ0n) is 13.6. The van der Waals surface area contributed by atoms with Crippen LogP contribution in [0.25, 0.3) is 0 Å². The van der Waals surface area contributed by atoms with E-state index in [9.17, 15) is 13.6 Å². The molecule has 24 heavy (non-hydrogen) atoms. The van der Waals surface area contributed by atoms with Gasteiger partial charge >= 0.3 is 0 Å². The lowest BCUT2D eigenvalue weighted by Crippen LogP contribution is -2.23. The Balaban J connectivity index is 1.85. The molecule has 0 radical (unpaired) electrons. The third kappa shape index (κ3) is 3.20. The number of halogens is 2. The van der Waals surface area contributed by atoms with Crippen molar-refractivity contribution in [3.63, 3.8) is 0 Å². The van der Waals surface area contributed by atoms with Crippen molar-refractivity contribution in [2.75, 3.05) is 23.3 Å². The zero-order valence-corrected chi connectivity index (χ0v) is 13.6. The predicted octanol–water partition coefficient (Wildman–Crippen LogP) is 3.22. The van der Waals surface area contributed by atoms with Gasteiger partial charge in [-0.05, 0) is 38.8 Å². The highest BCUT2D eigenvalue weighted by molar-refractivity contribution is 6.05. The highest BCUT2D eigenvalue weighted by atomic mass is 19.1. The summed E-state index contributed by atoms with van der Waals surface area (Å²) in [5.41, 5.74) is 1.45. The Morgan fingerprint density at radius 1 is 1.12 bits per heavy atom. The molecule has 1 amide bonds. The summed E-state index contributed by atoms with van der Waals surface area (Å²) in [6, 6.07) is 2.84. The van der Waals surface area contributed by atoms with Crippen molar-refractivity contribution in [1.29, 1.82) is 0 Å². The van der Waals surface area contributed by atoms with Crippen LogP contribution in [-0.2, 0) is 0 Å². The molecule has 1 N–H and O–H groups in total. The van der Waals surface area contributed by atoms with Crippen LogP contribution in [-0.4, -0.2) is 29.0 Å². The molecule has 126 valence electrons. The lowest BCUT2D eigenvalue weighted by Gasteiger charge is -2.18. The van der Waals surface area contributed by atoms with Crippen LogP contribution < -0.4 is 10.2 Å². The molecular formula is C17H18F2N4O. The smallest absolute Gasteiger partial charge is 0.258 e. The average Bonchev–Trinajstić information content (AvgIpc) is 3.04. The van der Waals surface area contributed by atoms with Crippen molar-refractivity contribution in [2.45, 2.75) is 26.7 Å². The van der Waals surface area contributed by atoms with Crippen LogP contribution in [0.5, 0.6) is 0 Å². The molecule has 1 saturated heterocycles. The quantitative estimate of drug-likeness (QED) is 0.937. The Kier molecular flexibility index (Phi) is 4.42. The standard InChI is InChI=1S/C17H18F2N4O/c1-10-15(11(2)21-17(20-10)23-7-3-4-8-23)22-16(24)13-6-5-12(18)9-14(13)19/h5-6,9H,3-4,7-8H2,1-2H3,(H,22,24). The predicted molar refractivity (Wildman–Crippen MR) is 87.3 cm³/mol. The van der Waals surface area contributed by atoms with Gasteiger partial charge in [-0.2, -0.15) is 0 Å². The monoisotopic (exact) mass is 332 g/mol. The maximum absolute atomic E-state index is 13.7. The fraction of sp³-hybridized carbons (Fsp3) is 0.353. The van der Waals surface area contributed by atoms with E-state index in [0.717, 1.165) is 38.1 Å². The number of carbonyl (C=O) groups excluding carboxylic acids is 1. The van der Waals surface area contributed by atoms with Crippen LogP contribution in [0.15, 0.2) is 18.2 Å². The van der Waals surface area contributed by atoms with Crippen molar-refractivity contribution >= 4 is 17.5 Å². The van der Waals surface area contributed by atoms with E-state index in [0.29, 0.717) is 29.1 Å². The maximum Gasteiger partial charge on any atom is 0.258 e. The largest absolute Gasteiger partial charge is 0.341 e. The number of nitrogens with zero attached hydrogens (tertiary/aromatic N) is 3. The van der Waals surface area contributed by atoms with Crippen molar-refractivity contribution < 1.29 is 13.6 Å². The van der Waals surface area contributed by atoms with Gasteiger partial charge in [0.05, 0.1) is 22.6 Å². The van der Waals surface area contributed by atoms with Crippen LogP contribution >= 0.6 is 0 Å². The lowest BCUT2D eigenvalue weighted by molar-refractivity contribution is 0.102. The van der Waals surface area contributed by atoms with E-state index in [1.807, 2.05) is 0 Å². The second kappa shape index (κ2) is 6.51. The summed E-state index contributed by atoms with van der Waals surface area (Å²) in [7, 11) is 0. The zero-order chi connectivity index (χ0) is 17.3. The summed E-state index contributed by atoms with van der Waals surface area (Å²) in [5, 5.41) is 2.63. The van der Waals surface area contributed by atoms with E-state index in [-0.39, 0.29) is 5.56 Å².